The second-order valence-corrected chi connectivity index (χ2v) is 6.34. The lowest BCUT2D eigenvalue weighted by Crippen LogP contribution is -2.63. The average Bonchev–Trinajstić information content (AvgIpc) is 2.58. The van der Waals surface area contributed by atoms with Gasteiger partial charge in [0.15, 0.2) is 0 Å². The van der Waals surface area contributed by atoms with Crippen LogP contribution in [0.5, 0.6) is 0 Å². The van der Waals surface area contributed by atoms with Crippen molar-refractivity contribution in [3.8, 4) is 0 Å². The Morgan fingerprint density at radius 2 is 1.43 bits per heavy atom. The SMILES string of the molecule is NC(=O)[N+]1(Cc2ccccc2)CCN(Cc2ccccc2)CC1. The highest BCUT2D eigenvalue weighted by atomic mass is 16.2. The third kappa shape index (κ3) is 3.78. The van der Waals surface area contributed by atoms with E-state index in [9.17, 15) is 4.79 Å². The predicted octanol–water partition coefficient (Wildman–Crippen LogP) is 2.60. The topological polar surface area (TPSA) is 46.3 Å². The number of carbonyl (C=O) groups is 1. The van der Waals surface area contributed by atoms with E-state index >= 15 is 0 Å². The van der Waals surface area contributed by atoms with Crippen LogP contribution in [0.1, 0.15) is 11.1 Å². The largest absolute Gasteiger partial charge is 0.414 e. The molecule has 0 radical (unpaired) electrons. The van der Waals surface area contributed by atoms with Gasteiger partial charge < -0.3 is 5.73 Å². The predicted molar refractivity (Wildman–Crippen MR) is 91.4 cm³/mol. The van der Waals surface area contributed by atoms with E-state index in [-0.39, 0.29) is 6.03 Å². The molecule has 0 aromatic heterocycles. The van der Waals surface area contributed by atoms with Crippen molar-refractivity contribution in [3.05, 3.63) is 71.8 Å². The zero-order valence-electron chi connectivity index (χ0n) is 13.4. The Labute approximate surface area is 137 Å². The van der Waals surface area contributed by atoms with Crippen LogP contribution < -0.4 is 5.73 Å². The number of nitrogens with two attached hydrogens (primary N) is 1. The maximum Gasteiger partial charge on any atom is 0.414 e. The van der Waals surface area contributed by atoms with Crippen LogP contribution in [0, 0.1) is 0 Å². The molecule has 2 N–H and O–H groups in total. The molecule has 2 aromatic carbocycles. The van der Waals surface area contributed by atoms with Crippen LogP contribution in [0.3, 0.4) is 0 Å². The summed E-state index contributed by atoms with van der Waals surface area (Å²) in [5, 5.41) is 0. The molecule has 0 bridgehead atoms. The number of hydrogen-bond acceptors (Lipinski definition) is 2. The van der Waals surface area contributed by atoms with Gasteiger partial charge in [-0.25, -0.2) is 9.28 Å². The molecule has 1 heterocycles. The summed E-state index contributed by atoms with van der Waals surface area (Å²) in [7, 11) is 0. The van der Waals surface area contributed by atoms with Crippen LogP contribution in [0.25, 0.3) is 0 Å². The zero-order chi connectivity index (χ0) is 16.1. The minimum absolute atomic E-state index is 0.215. The smallest absolute Gasteiger partial charge is 0.319 e. The van der Waals surface area contributed by atoms with Gasteiger partial charge in [-0.1, -0.05) is 60.7 Å². The van der Waals surface area contributed by atoms with Gasteiger partial charge in [0.25, 0.3) is 0 Å². The number of quaternary nitrogens is 1. The number of primary amides is 1. The molecule has 4 heteroatoms. The van der Waals surface area contributed by atoms with Gasteiger partial charge in [-0.3, -0.25) is 4.90 Å². The van der Waals surface area contributed by atoms with Crippen LogP contribution >= 0.6 is 0 Å². The third-order valence-electron chi connectivity index (χ3n) is 4.73. The first-order valence-corrected chi connectivity index (χ1v) is 8.14. The molecule has 120 valence electrons. The van der Waals surface area contributed by atoms with Gasteiger partial charge in [-0.2, -0.15) is 0 Å². The second-order valence-electron chi connectivity index (χ2n) is 6.34. The molecule has 1 aliphatic rings. The van der Waals surface area contributed by atoms with Crippen molar-refractivity contribution in [2.45, 2.75) is 13.1 Å². The van der Waals surface area contributed by atoms with Crippen molar-refractivity contribution in [2.24, 2.45) is 5.73 Å². The summed E-state index contributed by atoms with van der Waals surface area (Å²) < 4.78 is 0.356. The molecule has 3 rings (SSSR count). The van der Waals surface area contributed by atoms with Gasteiger partial charge in [-0.05, 0) is 5.56 Å². The van der Waals surface area contributed by atoms with Crippen molar-refractivity contribution >= 4 is 6.03 Å². The van der Waals surface area contributed by atoms with Gasteiger partial charge in [0.2, 0.25) is 0 Å². The van der Waals surface area contributed by atoms with E-state index in [1.54, 1.807) is 0 Å². The quantitative estimate of drug-likeness (QED) is 0.882. The average molecular weight is 310 g/mol. The first kappa shape index (κ1) is 15.7. The van der Waals surface area contributed by atoms with E-state index in [4.69, 9.17) is 5.73 Å². The molecule has 0 unspecified atom stereocenters. The van der Waals surface area contributed by atoms with E-state index in [0.29, 0.717) is 11.0 Å². The van der Waals surface area contributed by atoms with Crippen molar-refractivity contribution in [1.82, 2.24) is 4.90 Å². The summed E-state index contributed by atoms with van der Waals surface area (Å²) >= 11 is 0. The highest BCUT2D eigenvalue weighted by Crippen LogP contribution is 2.19. The van der Waals surface area contributed by atoms with E-state index in [0.717, 1.165) is 32.7 Å². The Bertz CT molecular complexity index is 634. The first-order chi connectivity index (χ1) is 11.2. The monoisotopic (exact) mass is 310 g/mol. The van der Waals surface area contributed by atoms with E-state index in [2.05, 4.69) is 41.3 Å². The first-order valence-electron chi connectivity index (χ1n) is 8.14. The van der Waals surface area contributed by atoms with Gasteiger partial charge >= 0.3 is 6.03 Å². The second kappa shape index (κ2) is 6.94. The molecule has 0 saturated carbocycles. The number of amides is 2. The number of hydrogen-bond donors (Lipinski definition) is 1. The summed E-state index contributed by atoms with van der Waals surface area (Å²) in [5.41, 5.74) is 8.25. The molecule has 0 spiro atoms. The molecule has 1 aliphatic heterocycles. The third-order valence-corrected chi connectivity index (χ3v) is 4.73. The fourth-order valence-corrected chi connectivity index (χ4v) is 3.28. The molecule has 0 atom stereocenters. The molecule has 23 heavy (non-hydrogen) atoms. The lowest BCUT2D eigenvalue weighted by atomic mass is 10.1. The van der Waals surface area contributed by atoms with Crippen molar-refractivity contribution in [1.29, 1.82) is 0 Å². The van der Waals surface area contributed by atoms with Crippen LogP contribution in [-0.2, 0) is 13.1 Å². The van der Waals surface area contributed by atoms with Crippen LogP contribution in [0.15, 0.2) is 60.7 Å². The fourth-order valence-electron chi connectivity index (χ4n) is 3.28. The molecule has 2 aromatic rings. The zero-order valence-corrected chi connectivity index (χ0v) is 13.4. The molecule has 1 saturated heterocycles. The summed E-state index contributed by atoms with van der Waals surface area (Å²) in [5.74, 6) is 0. The lowest BCUT2D eigenvalue weighted by molar-refractivity contribution is -0.867. The molecule has 0 aliphatic carbocycles. The summed E-state index contributed by atoms with van der Waals surface area (Å²) in [6.07, 6.45) is 0. The normalized spacial score (nSPS) is 17.7. The molecule has 1 fully saturated rings. The van der Waals surface area contributed by atoms with Gasteiger partial charge in [0.1, 0.15) is 19.6 Å². The number of benzene rings is 2. The number of carbonyl (C=O) groups excluding carboxylic acids is 1. The Balaban J connectivity index is 1.65. The van der Waals surface area contributed by atoms with Crippen LogP contribution in [0.4, 0.5) is 4.79 Å². The Morgan fingerprint density at radius 1 is 0.913 bits per heavy atom. The van der Waals surface area contributed by atoms with Crippen LogP contribution in [0.2, 0.25) is 0 Å². The summed E-state index contributed by atoms with van der Waals surface area (Å²) in [6.45, 7) is 4.96. The Hall–Kier alpha value is -2.17. The molecule has 4 nitrogen and oxygen atoms in total. The van der Waals surface area contributed by atoms with Crippen molar-refractivity contribution in [3.63, 3.8) is 0 Å². The lowest BCUT2D eigenvalue weighted by Gasteiger charge is -2.41. The number of rotatable bonds is 4. The summed E-state index contributed by atoms with van der Waals surface area (Å²) in [6, 6.07) is 20.4. The van der Waals surface area contributed by atoms with E-state index in [1.807, 2.05) is 24.3 Å². The molecular weight excluding hydrogens is 286 g/mol. The summed E-state index contributed by atoms with van der Waals surface area (Å²) in [4.78, 5) is 14.5. The van der Waals surface area contributed by atoms with Gasteiger partial charge in [0, 0.05) is 25.2 Å². The van der Waals surface area contributed by atoms with Crippen LogP contribution in [-0.4, -0.2) is 41.6 Å². The van der Waals surface area contributed by atoms with E-state index < -0.39 is 0 Å². The highest BCUT2D eigenvalue weighted by molar-refractivity contribution is 5.64. The van der Waals surface area contributed by atoms with Crippen molar-refractivity contribution < 1.29 is 9.28 Å². The van der Waals surface area contributed by atoms with E-state index in [1.165, 1.54) is 11.1 Å². The number of piperazine rings is 1. The minimum Gasteiger partial charge on any atom is -0.319 e. The van der Waals surface area contributed by atoms with Gasteiger partial charge in [0.05, 0.1) is 0 Å². The van der Waals surface area contributed by atoms with Crippen molar-refractivity contribution in [2.75, 3.05) is 26.2 Å². The number of nitrogens with zero attached hydrogens (tertiary/aromatic N) is 2. The Morgan fingerprint density at radius 3 is 1.96 bits per heavy atom. The maximum absolute atomic E-state index is 12.1. The standard InChI is InChI=1S/C19H23N3O/c20-19(23)22(16-18-9-5-2-6-10-18)13-11-21(12-14-22)15-17-7-3-1-4-8-17/h1-10H,11-16H2,(H-,20,23)/p+1. The minimum atomic E-state index is -0.215. The molecule has 2 amide bonds. The maximum atomic E-state index is 12.1. The van der Waals surface area contributed by atoms with Gasteiger partial charge in [-0.15, -0.1) is 0 Å². The molecular formula is C19H24N3O+. The highest BCUT2D eigenvalue weighted by Gasteiger charge is 2.38. The Kier molecular flexibility index (Phi) is 4.74. The fraction of sp³-hybridized carbons (Fsp3) is 0.316. The number of urea groups is 1.